The number of ether oxygens (including phenoxy) is 2. The molecule has 0 saturated heterocycles. The highest BCUT2D eigenvalue weighted by atomic mass is 19.3. The van der Waals surface area contributed by atoms with Gasteiger partial charge >= 0.3 is 12.6 Å². The zero-order chi connectivity index (χ0) is 18.0. The third-order valence-corrected chi connectivity index (χ3v) is 3.20. The van der Waals surface area contributed by atoms with Gasteiger partial charge in [-0.3, -0.25) is 0 Å². The molecule has 0 saturated carbocycles. The molecule has 0 radical (unpaired) electrons. The Labute approximate surface area is 139 Å². The van der Waals surface area contributed by atoms with E-state index in [0.29, 0.717) is 0 Å². The van der Waals surface area contributed by atoms with Crippen LogP contribution in [0.2, 0.25) is 0 Å². The topological polar surface area (TPSA) is 47.9 Å². The number of hydrogen-bond donors (Lipinski definition) is 0. The van der Waals surface area contributed by atoms with Gasteiger partial charge in [-0.15, -0.1) is 0 Å². The summed E-state index contributed by atoms with van der Waals surface area (Å²) in [5, 5.41) is 0. The molecule has 0 amide bonds. The number of para-hydroxylation sites is 1. The number of benzene rings is 2. The molecule has 3 rings (SSSR count). The Morgan fingerprint density at radius 2 is 1.84 bits per heavy atom. The Hall–Kier alpha value is -3.16. The summed E-state index contributed by atoms with van der Waals surface area (Å²) in [6.45, 7) is -3.06. The molecule has 2 aromatic carbocycles. The summed E-state index contributed by atoms with van der Waals surface area (Å²) < 4.78 is 60.4. The molecule has 1 aliphatic heterocycles. The summed E-state index contributed by atoms with van der Waals surface area (Å²) in [5.74, 6) is -3.40. The number of hydrogen-bond acceptors (Lipinski definition) is 4. The molecule has 25 heavy (non-hydrogen) atoms. The van der Waals surface area contributed by atoms with Crippen molar-refractivity contribution < 1.29 is 31.8 Å². The van der Waals surface area contributed by atoms with Crippen molar-refractivity contribution in [2.75, 3.05) is 0 Å². The fraction of sp³-hybridized carbons (Fsp3) is 0.0588. The monoisotopic (exact) mass is 351 g/mol. The molecule has 0 aromatic heterocycles. The summed E-state index contributed by atoms with van der Waals surface area (Å²) in [6.07, 6.45) is 1.19. The smallest absolute Gasteiger partial charge is 0.387 e. The van der Waals surface area contributed by atoms with Gasteiger partial charge in [0.25, 0.3) is 0 Å². The van der Waals surface area contributed by atoms with E-state index in [4.69, 9.17) is 4.74 Å². The molecule has 0 N–H and O–H groups in total. The number of carbonyl (C=O) groups excluding carboxylic acids is 1. The minimum Gasteiger partial charge on any atom is -0.434 e. The lowest BCUT2D eigenvalue weighted by Crippen LogP contribution is -2.10. The first kappa shape index (κ1) is 16.7. The van der Waals surface area contributed by atoms with Gasteiger partial charge in [0.2, 0.25) is 5.90 Å². The molecule has 0 aliphatic carbocycles. The van der Waals surface area contributed by atoms with E-state index in [2.05, 4.69) is 9.73 Å². The second kappa shape index (κ2) is 6.76. The van der Waals surface area contributed by atoms with Crippen LogP contribution >= 0.6 is 0 Å². The van der Waals surface area contributed by atoms with E-state index in [1.807, 2.05) is 0 Å². The average molecular weight is 351 g/mol. The lowest BCUT2D eigenvalue weighted by atomic mass is 10.2. The van der Waals surface area contributed by atoms with Crippen molar-refractivity contribution in [1.29, 1.82) is 0 Å². The van der Waals surface area contributed by atoms with Crippen LogP contribution in [0.5, 0.6) is 5.75 Å². The summed E-state index contributed by atoms with van der Waals surface area (Å²) >= 11 is 0. The zero-order valence-electron chi connectivity index (χ0n) is 12.4. The number of esters is 1. The molecule has 0 atom stereocenters. The van der Waals surface area contributed by atoms with Gasteiger partial charge in [0, 0.05) is 0 Å². The first-order chi connectivity index (χ1) is 11.9. The van der Waals surface area contributed by atoms with Crippen LogP contribution in [-0.4, -0.2) is 18.5 Å². The molecule has 0 bridgehead atoms. The Kier molecular flexibility index (Phi) is 4.51. The largest absolute Gasteiger partial charge is 0.434 e. The molecule has 0 unspecified atom stereocenters. The first-order valence-corrected chi connectivity index (χ1v) is 6.96. The van der Waals surface area contributed by atoms with Gasteiger partial charge in [0.15, 0.2) is 17.3 Å². The summed E-state index contributed by atoms with van der Waals surface area (Å²) in [5.41, 5.74) is 0.0608. The molecule has 4 nitrogen and oxygen atoms in total. The molecule has 2 aromatic rings. The summed E-state index contributed by atoms with van der Waals surface area (Å²) in [4.78, 5) is 15.8. The number of aliphatic imine (C=N–C) groups is 1. The van der Waals surface area contributed by atoms with Gasteiger partial charge in [0.1, 0.15) is 5.75 Å². The van der Waals surface area contributed by atoms with Crippen molar-refractivity contribution in [3.63, 3.8) is 0 Å². The number of alkyl halides is 2. The quantitative estimate of drug-likeness (QED) is 0.477. The number of carbonyl (C=O) groups is 1. The summed E-state index contributed by atoms with van der Waals surface area (Å²) in [6, 6.07) is 8.70. The maximum Gasteiger partial charge on any atom is 0.387 e. The molecule has 1 aliphatic rings. The van der Waals surface area contributed by atoms with Crippen LogP contribution in [-0.2, 0) is 9.53 Å². The van der Waals surface area contributed by atoms with Crippen molar-refractivity contribution >= 4 is 17.9 Å². The number of halogens is 4. The molecule has 128 valence electrons. The van der Waals surface area contributed by atoms with Gasteiger partial charge in [-0.2, -0.15) is 8.78 Å². The van der Waals surface area contributed by atoms with Gasteiger partial charge in [-0.1, -0.05) is 18.2 Å². The number of cyclic esters (lactones) is 1. The van der Waals surface area contributed by atoms with Crippen molar-refractivity contribution in [3.05, 3.63) is 70.9 Å². The Morgan fingerprint density at radius 1 is 1.08 bits per heavy atom. The molecule has 0 fully saturated rings. The molecular weight excluding hydrogens is 342 g/mol. The average Bonchev–Trinajstić information content (AvgIpc) is 2.91. The fourth-order valence-corrected chi connectivity index (χ4v) is 2.13. The third kappa shape index (κ3) is 3.68. The van der Waals surface area contributed by atoms with Crippen molar-refractivity contribution in [2.45, 2.75) is 6.61 Å². The highest BCUT2D eigenvalue weighted by molar-refractivity contribution is 6.13. The minimum absolute atomic E-state index is 0.0600. The van der Waals surface area contributed by atoms with Gasteiger partial charge in [0.05, 0.1) is 5.56 Å². The van der Waals surface area contributed by atoms with Crippen LogP contribution in [0.1, 0.15) is 11.1 Å². The first-order valence-electron chi connectivity index (χ1n) is 6.96. The van der Waals surface area contributed by atoms with E-state index in [-0.39, 0.29) is 28.5 Å². The van der Waals surface area contributed by atoms with E-state index in [9.17, 15) is 22.4 Å². The van der Waals surface area contributed by atoms with Crippen LogP contribution in [0.25, 0.3) is 6.08 Å². The number of rotatable bonds is 4. The van der Waals surface area contributed by atoms with E-state index in [1.165, 1.54) is 36.4 Å². The van der Waals surface area contributed by atoms with Gasteiger partial charge < -0.3 is 9.47 Å². The standard InChI is InChI=1S/C17H9F4NO3/c18-11-6-5-9(7-12(11)19)8-13-16(23)25-15(22-13)10-3-1-2-4-14(10)24-17(20)21/h1-8,17H. The fourth-order valence-electron chi connectivity index (χ4n) is 2.13. The van der Waals surface area contributed by atoms with Crippen LogP contribution < -0.4 is 4.74 Å². The van der Waals surface area contributed by atoms with Crippen LogP contribution in [0.4, 0.5) is 17.6 Å². The van der Waals surface area contributed by atoms with E-state index >= 15 is 0 Å². The Bertz CT molecular complexity index is 893. The SMILES string of the molecule is O=C1OC(c2ccccc2OC(F)F)=NC1=Cc1ccc(F)c(F)c1. The minimum atomic E-state index is -3.06. The van der Waals surface area contributed by atoms with Crippen molar-refractivity contribution in [2.24, 2.45) is 4.99 Å². The number of nitrogens with zero attached hydrogens (tertiary/aromatic N) is 1. The predicted molar refractivity (Wildman–Crippen MR) is 80.0 cm³/mol. The molecule has 8 heteroatoms. The predicted octanol–water partition coefficient (Wildman–Crippen LogP) is 3.91. The van der Waals surface area contributed by atoms with Crippen molar-refractivity contribution in [1.82, 2.24) is 0 Å². The van der Waals surface area contributed by atoms with E-state index in [0.717, 1.165) is 12.1 Å². The highest BCUT2D eigenvalue weighted by Gasteiger charge is 2.27. The van der Waals surface area contributed by atoms with Gasteiger partial charge in [-0.25, -0.2) is 18.6 Å². The Morgan fingerprint density at radius 3 is 2.56 bits per heavy atom. The van der Waals surface area contributed by atoms with E-state index < -0.39 is 24.2 Å². The second-order valence-corrected chi connectivity index (χ2v) is 4.88. The molecule has 1 heterocycles. The maximum atomic E-state index is 13.2. The van der Waals surface area contributed by atoms with Crippen LogP contribution in [0.3, 0.4) is 0 Å². The lowest BCUT2D eigenvalue weighted by Gasteiger charge is -2.08. The van der Waals surface area contributed by atoms with Crippen molar-refractivity contribution in [3.8, 4) is 5.75 Å². The van der Waals surface area contributed by atoms with Crippen LogP contribution in [0, 0.1) is 11.6 Å². The molecular formula is C17H9F4NO3. The highest BCUT2D eigenvalue weighted by Crippen LogP contribution is 2.26. The molecule has 0 spiro atoms. The van der Waals surface area contributed by atoms with E-state index in [1.54, 1.807) is 0 Å². The normalized spacial score (nSPS) is 15.5. The van der Waals surface area contributed by atoms with Crippen LogP contribution in [0.15, 0.2) is 53.2 Å². The summed E-state index contributed by atoms with van der Waals surface area (Å²) in [7, 11) is 0. The Balaban J connectivity index is 1.95. The van der Waals surface area contributed by atoms with Gasteiger partial charge in [-0.05, 0) is 35.9 Å². The lowest BCUT2D eigenvalue weighted by molar-refractivity contribution is -0.129. The third-order valence-electron chi connectivity index (χ3n) is 3.20. The maximum absolute atomic E-state index is 13.2. The second-order valence-electron chi connectivity index (χ2n) is 4.88. The zero-order valence-corrected chi connectivity index (χ0v) is 12.4.